The van der Waals surface area contributed by atoms with Crippen molar-refractivity contribution in [2.45, 2.75) is 6.92 Å². The van der Waals surface area contributed by atoms with Crippen molar-refractivity contribution >= 4 is 10.8 Å². The molecule has 2 rings (SSSR count). The van der Waals surface area contributed by atoms with E-state index >= 15 is 0 Å². The largest absolute Gasteiger partial charge is 0.504 e. The van der Waals surface area contributed by atoms with Crippen molar-refractivity contribution in [3.8, 4) is 17.2 Å². The fraction of sp³-hybridized carbons (Fsp3) is 0.250. The molecule has 0 saturated heterocycles. The van der Waals surface area contributed by atoms with Crippen molar-refractivity contribution in [2.75, 3.05) is 14.2 Å². The van der Waals surface area contributed by atoms with Crippen LogP contribution in [0.1, 0.15) is 5.76 Å². The first-order valence-electron chi connectivity index (χ1n) is 4.97. The summed E-state index contributed by atoms with van der Waals surface area (Å²) in [5.41, 5.74) is -0.518. The summed E-state index contributed by atoms with van der Waals surface area (Å²) in [5.74, 6) is 0.846. The summed E-state index contributed by atoms with van der Waals surface area (Å²) in [6.07, 6.45) is 0. The monoisotopic (exact) mass is 236 g/mol. The maximum Gasteiger partial charge on any atom is 0.347 e. The highest BCUT2D eigenvalue weighted by Gasteiger charge is 2.17. The lowest BCUT2D eigenvalue weighted by Crippen LogP contribution is -2.04. The van der Waals surface area contributed by atoms with Crippen LogP contribution in [0.5, 0.6) is 17.2 Å². The van der Waals surface area contributed by atoms with Gasteiger partial charge in [0, 0.05) is 11.5 Å². The van der Waals surface area contributed by atoms with Gasteiger partial charge in [-0.2, -0.15) is 0 Å². The molecule has 1 heterocycles. The van der Waals surface area contributed by atoms with Gasteiger partial charge >= 0.3 is 5.63 Å². The van der Waals surface area contributed by atoms with Crippen LogP contribution < -0.4 is 15.1 Å². The van der Waals surface area contributed by atoms with Crippen LogP contribution in [0, 0.1) is 6.92 Å². The molecule has 0 aliphatic carbocycles. The molecule has 0 aliphatic rings. The van der Waals surface area contributed by atoms with Crippen LogP contribution in [0.25, 0.3) is 10.8 Å². The highest BCUT2D eigenvalue weighted by Crippen LogP contribution is 2.39. The van der Waals surface area contributed by atoms with Gasteiger partial charge in [0.25, 0.3) is 0 Å². The van der Waals surface area contributed by atoms with E-state index in [1.165, 1.54) is 20.3 Å². The van der Waals surface area contributed by atoms with E-state index < -0.39 is 5.63 Å². The third-order valence-corrected chi connectivity index (χ3v) is 2.49. The Morgan fingerprint density at radius 1 is 1.24 bits per heavy atom. The molecule has 1 aromatic carbocycles. The average Bonchev–Trinajstić information content (AvgIpc) is 2.27. The minimum absolute atomic E-state index is 0.0816. The van der Waals surface area contributed by atoms with Crippen LogP contribution in [0.4, 0.5) is 0 Å². The van der Waals surface area contributed by atoms with Crippen LogP contribution in [0.3, 0.4) is 0 Å². The molecule has 0 unspecified atom stereocenters. The molecule has 0 fully saturated rings. The Morgan fingerprint density at radius 3 is 2.53 bits per heavy atom. The number of benzene rings is 1. The second kappa shape index (κ2) is 4.01. The third-order valence-electron chi connectivity index (χ3n) is 2.49. The zero-order valence-corrected chi connectivity index (χ0v) is 9.73. The molecule has 1 aromatic heterocycles. The first kappa shape index (κ1) is 11.3. The van der Waals surface area contributed by atoms with Crippen molar-refractivity contribution in [3.05, 3.63) is 28.3 Å². The van der Waals surface area contributed by atoms with Crippen LogP contribution in [0.2, 0.25) is 0 Å². The summed E-state index contributed by atoms with van der Waals surface area (Å²) in [6, 6.07) is 2.95. The summed E-state index contributed by atoms with van der Waals surface area (Å²) in [4.78, 5) is 11.8. The van der Waals surface area contributed by atoms with Gasteiger partial charge in [0.05, 0.1) is 14.2 Å². The Hall–Kier alpha value is -2.17. The van der Waals surface area contributed by atoms with Crippen molar-refractivity contribution in [3.63, 3.8) is 0 Å². The maximum absolute atomic E-state index is 11.8. The van der Waals surface area contributed by atoms with Gasteiger partial charge in [-0.1, -0.05) is 0 Å². The molecule has 0 atom stereocenters. The highest BCUT2D eigenvalue weighted by molar-refractivity contribution is 5.94. The van der Waals surface area contributed by atoms with Crippen LogP contribution in [-0.4, -0.2) is 19.3 Å². The number of methoxy groups -OCH3 is 2. The Bertz CT molecular complexity index is 627. The molecule has 90 valence electrons. The Kier molecular flexibility index (Phi) is 2.67. The zero-order valence-electron chi connectivity index (χ0n) is 9.73. The lowest BCUT2D eigenvalue weighted by atomic mass is 10.1. The Balaban J connectivity index is 3.02. The molecule has 0 bridgehead atoms. The first-order chi connectivity index (χ1) is 8.08. The van der Waals surface area contributed by atoms with E-state index in [0.717, 1.165) is 0 Å². The van der Waals surface area contributed by atoms with Crippen molar-refractivity contribution < 1.29 is 19.0 Å². The number of hydrogen-bond donors (Lipinski definition) is 1. The van der Waals surface area contributed by atoms with Gasteiger partial charge in [-0.25, -0.2) is 4.79 Å². The van der Waals surface area contributed by atoms with Gasteiger partial charge in [0.15, 0.2) is 11.5 Å². The van der Waals surface area contributed by atoms with Gasteiger partial charge in [0.2, 0.25) is 0 Å². The van der Waals surface area contributed by atoms with E-state index in [2.05, 4.69) is 0 Å². The lowest BCUT2D eigenvalue weighted by molar-refractivity contribution is 0.370. The minimum atomic E-state index is -0.518. The predicted octanol–water partition coefficient (Wildman–Crippen LogP) is 1.82. The number of fused-ring (bicyclic) bond motifs is 1. The SMILES string of the molecule is COc1c(O)cc(OC)c2c(=O)oc(C)cc12. The van der Waals surface area contributed by atoms with E-state index in [4.69, 9.17) is 13.9 Å². The topological polar surface area (TPSA) is 68.9 Å². The predicted molar refractivity (Wildman–Crippen MR) is 62.0 cm³/mol. The minimum Gasteiger partial charge on any atom is -0.504 e. The molecular formula is C12H12O5. The van der Waals surface area contributed by atoms with Crippen LogP contribution in [0.15, 0.2) is 21.3 Å². The van der Waals surface area contributed by atoms with E-state index in [1.54, 1.807) is 13.0 Å². The summed E-state index contributed by atoms with van der Waals surface area (Å²) in [6.45, 7) is 1.65. The van der Waals surface area contributed by atoms with Gasteiger partial charge in [0.1, 0.15) is 16.9 Å². The van der Waals surface area contributed by atoms with Gasteiger partial charge in [-0.3, -0.25) is 0 Å². The molecule has 2 aromatic rings. The average molecular weight is 236 g/mol. The molecule has 1 N–H and O–H groups in total. The molecule has 0 spiro atoms. The smallest absolute Gasteiger partial charge is 0.347 e. The third kappa shape index (κ3) is 1.69. The second-order valence-electron chi connectivity index (χ2n) is 3.56. The van der Waals surface area contributed by atoms with Gasteiger partial charge in [-0.05, 0) is 13.0 Å². The zero-order chi connectivity index (χ0) is 12.6. The van der Waals surface area contributed by atoms with E-state index in [1.807, 2.05) is 0 Å². The molecule has 0 radical (unpaired) electrons. The number of rotatable bonds is 2. The number of phenolic OH excluding ortho intramolecular Hbond substituents is 1. The van der Waals surface area contributed by atoms with E-state index in [9.17, 15) is 9.90 Å². The number of hydrogen-bond acceptors (Lipinski definition) is 5. The molecule has 5 nitrogen and oxygen atoms in total. The first-order valence-corrected chi connectivity index (χ1v) is 4.97. The Morgan fingerprint density at radius 2 is 1.94 bits per heavy atom. The normalized spacial score (nSPS) is 10.5. The number of phenols is 1. The summed E-state index contributed by atoms with van der Waals surface area (Å²) >= 11 is 0. The van der Waals surface area contributed by atoms with Crippen molar-refractivity contribution in [1.29, 1.82) is 0 Å². The highest BCUT2D eigenvalue weighted by atomic mass is 16.5. The molecule has 17 heavy (non-hydrogen) atoms. The fourth-order valence-electron chi connectivity index (χ4n) is 1.80. The summed E-state index contributed by atoms with van der Waals surface area (Å²) in [5, 5.41) is 10.5. The second-order valence-corrected chi connectivity index (χ2v) is 3.56. The van der Waals surface area contributed by atoms with Crippen LogP contribution in [-0.2, 0) is 0 Å². The lowest BCUT2D eigenvalue weighted by Gasteiger charge is -2.10. The summed E-state index contributed by atoms with van der Waals surface area (Å²) in [7, 11) is 2.84. The summed E-state index contributed by atoms with van der Waals surface area (Å²) < 4.78 is 15.1. The fourth-order valence-corrected chi connectivity index (χ4v) is 1.80. The van der Waals surface area contributed by atoms with E-state index in [0.29, 0.717) is 11.1 Å². The van der Waals surface area contributed by atoms with E-state index in [-0.39, 0.29) is 22.6 Å². The number of aryl methyl sites for hydroxylation is 1. The Labute approximate surface area is 97.2 Å². The molecule has 5 heteroatoms. The quantitative estimate of drug-likeness (QED) is 0.861. The van der Waals surface area contributed by atoms with Crippen molar-refractivity contribution in [2.24, 2.45) is 0 Å². The maximum atomic E-state index is 11.8. The molecule has 0 aliphatic heterocycles. The molecule has 0 amide bonds. The van der Waals surface area contributed by atoms with Crippen LogP contribution >= 0.6 is 0 Å². The standard InChI is InChI=1S/C12H12O5/c1-6-4-7-10(12(14)17-6)9(15-2)5-8(13)11(7)16-3/h4-5,13H,1-3H3. The van der Waals surface area contributed by atoms with Crippen molar-refractivity contribution in [1.82, 2.24) is 0 Å². The molecular weight excluding hydrogens is 224 g/mol. The number of aromatic hydroxyl groups is 1. The van der Waals surface area contributed by atoms with Gasteiger partial charge < -0.3 is 19.0 Å². The number of ether oxygens (including phenoxy) is 2. The molecule has 0 saturated carbocycles. The van der Waals surface area contributed by atoms with Gasteiger partial charge in [-0.15, -0.1) is 0 Å².